The van der Waals surface area contributed by atoms with E-state index in [1.54, 1.807) is 0 Å². The predicted octanol–water partition coefficient (Wildman–Crippen LogP) is -1.73. The minimum atomic E-state index is -1.88. The molecule has 6 heteroatoms. The van der Waals surface area contributed by atoms with E-state index in [0.717, 1.165) is 0 Å². The molecule has 4 N–H and O–H groups in total. The van der Waals surface area contributed by atoms with E-state index in [-0.39, 0.29) is 0 Å². The monoisotopic (exact) mass is 150 g/mol. The van der Waals surface area contributed by atoms with E-state index in [2.05, 4.69) is 0 Å². The summed E-state index contributed by atoms with van der Waals surface area (Å²) in [6, 6.07) is -0.783. The van der Waals surface area contributed by atoms with Gasteiger partial charge in [-0.3, -0.25) is 0 Å². The molecule has 0 bridgehead atoms. The molecule has 10 heavy (non-hydrogen) atoms. The Balaban J connectivity index is 2.57. The fourth-order valence-electron chi connectivity index (χ4n) is 0.642. The Labute approximate surface area is 55.8 Å². The number of aliphatic hydroxyl groups is 2. The van der Waals surface area contributed by atoms with Gasteiger partial charge in [0.15, 0.2) is 18.6 Å². The Morgan fingerprint density at radius 2 is 1.70 bits per heavy atom. The van der Waals surface area contributed by atoms with Gasteiger partial charge in [-0.05, 0) is 0 Å². The Kier molecular flexibility index (Phi) is 1.73. The molecule has 5 nitrogen and oxygen atoms in total. The van der Waals surface area contributed by atoms with Crippen molar-refractivity contribution in [2.75, 3.05) is 0 Å². The molecule has 2 amide bonds. The van der Waals surface area contributed by atoms with Gasteiger partial charge in [-0.15, -0.1) is 0 Å². The standard InChI is InChI=1S/C4H7FN2O3/c5-1-2(8)6-4(10)7-3(1)9/h1-3,8-9H,(H2,6,7,10)/t2-,3-/m1/s1. The molecule has 0 radical (unpaired) electrons. The van der Waals surface area contributed by atoms with Crippen LogP contribution in [0.3, 0.4) is 0 Å². The average Bonchev–Trinajstić information content (AvgIpc) is 1.82. The van der Waals surface area contributed by atoms with E-state index < -0.39 is 24.7 Å². The van der Waals surface area contributed by atoms with Crippen molar-refractivity contribution in [1.82, 2.24) is 10.6 Å². The third kappa shape index (κ3) is 1.17. The van der Waals surface area contributed by atoms with Gasteiger partial charge in [-0.25, -0.2) is 9.18 Å². The summed E-state index contributed by atoms with van der Waals surface area (Å²) in [5, 5.41) is 20.9. The first-order valence-corrected chi connectivity index (χ1v) is 2.68. The van der Waals surface area contributed by atoms with Crippen LogP contribution in [0.25, 0.3) is 0 Å². The number of urea groups is 1. The maximum absolute atomic E-state index is 12.4. The zero-order valence-corrected chi connectivity index (χ0v) is 4.91. The lowest BCUT2D eigenvalue weighted by molar-refractivity contribution is -0.0462. The van der Waals surface area contributed by atoms with Crippen LogP contribution in [0.1, 0.15) is 0 Å². The van der Waals surface area contributed by atoms with Crippen molar-refractivity contribution < 1.29 is 19.4 Å². The summed E-state index contributed by atoms with van der Waals surface area (Å²) in [6.07, 6.45) is -5.12. The van der Waals surface area contributed by atoms with Gasteiger partial charge >= 0.3 is 6.03 Å². The summed E-state index contributed by atoms with van der Waals surface area (Å²) >= 11 is 0. The second kappa shape index (κ2) is 2.39. The zero-order valence-electron chi connectivity index (χ0n) is 4.91. The highest BCUT2D eigenvalue weighted by atomic mass is 19.1. The SMILES string of the molecule is O=C1N[C@H](O)C(F)[C@@H](O)N1. The number of carbonyl (C=O) groups is 1. The molecule has 1 heterocycles. The smallest absolute Gasteiger partial charge is 0.318 e. The van der Waals surface area contributed by atoms with Gasteiger partial charge in [0.2, 0.25) is 0 Å². The number of hydrogen-bond donors (Lipinski definition) is 4. The van der Waals surface area contributed by atoms with Crippen LogP contribution in [0.2, 0.25) is 0 Å². The summed E-state index contributed by atoms with van der Waals surface area (Å²) in [6.45, 7) is 0. The highest BCUT2D eigenvalue weighted by Crippen LogP contribution is 2.04. The summed E-state index contributed by atoms with van der Waals surface area (Å²) in [5.41, 5.74) is 0. The first-order chi connectivity index (χ1) is 4.61. The molecule has 0 saturated carbocycles. The minimum absolute atomic E-state index is 0.783. The molecule has 2 atom stereocenters. The molecule has 1 fully saturated rings. The summed E-state index contributed by atoms with van der Waals surface area (Å²) in [5.74, 6) is 0. The van der Waals surface area contributed by atoms with E-state index in [1.165, 1.54) is 0 Å². The van der Waals surface area contributed by atoms with Crippen LogP contribution < -0.4 is 10.6 Å². The number of rotatable bonds is 0. The summed E-state index contributed by atoms with van der Waals surface area (Å²) < 4.78 is 12.4. The second-order valence-corrected chi connectivity index (χ2v) is 1.95. The minimum Gasteiger partial charge on any atom is -0.370 e. The van der Waals surface area contributed by atoms with Gasteiger partial charge in [0.25, 0.3) is 0 Å². The molecule has 0 aromatic rings. The van der Waals surface area contributed by atoms with E-state index in [9.17, 15) is 9.18 Å². The van der Waals surface area contributed by atoms with Gasteiger partial charge in [0, 0.05) is 0 Å². The number of nitrogens with one attached hydrogen (secondary N) is 2. The fraction of sp³-hybridized carbons (Fsp3) is 0.750. The van der Waals surface area contributed by atoms with Crippen molar-refractivity contribution in [1.29, 1.82) is 0 Å². The Morgan fingerprint density at radius 3 is 2.10 bits per heavy atom. The number of amides is 2. The first-order valence-electron chi connectivity index (χ1n) is 2.68. The Bertz CT molecular complexity index is 139. The van der Waals surface area contributed by atoms with Crippen LogP contribution in [0.5, 0.6) is 0 Å². The average molecular weight is 150 g/mol. The van der Waals surface area contributed by atoms with Crippen molar-refractivity contribution in [2.45, 2.75) is 18.6 Å². The van der Waals surface area contributed by atoms with Crippen LogP contribution in [0.15, 0.2) is 0 Å². The van der Waals surface area contributed by atoms with Crippen LogP contribution >= 0.6 is 0 Å². The van der Waals surface area contributed by atoms with Crippen molar-refractivity contribution >= 4 is 6.03 Å². The molecule has 0 aromatic heterocycles. The lowest BCUT2D eigenvalue weighted by Gasteiger charge is -2.27. The molecular formula is C4H7FN2O3. The quantitative estimate of drug-likeness (QED) is 0.331. The van der Waals surface area contributed by atoms with Crippen LogP contribution in [0.4, 0.5) is 9.18 Å². The van der Waals surface area contributed by atoms with Crippen molar-refractivity contribution in [3.8, 4) is 0 Å². The Morgan fingerprint density at radius 1 is 1.30 bits per heavy atom. The molecule has 1 saturated heterocycles. The summed E-state index contributed by atoms with van der Waals surface area (Å²) in [4.78, 5) is 10.3. The summed E-state index contributed by atoms with van der Waals surface area (Å²) in [7, 11) is 0. The largest absolute Gasteiger partial charge is 0.370 e. The first kappa shape index (κ1) is 7.23. The van der Waals surface area contributed by atoms with E-state index in [0.29, 0.717) is 0 Å². The van der Waals surface area contributed by atoms with E-state index in [4.69, 9.17) is 10.2 Å². The predicted molar refractivity (Wildman–Crippen MR) is 28.6 cm³/mol. The van der Waals surface area contributed by atoms with E-state index in [1.807, 2.05) is 10.6 Å². The van der Waals surface area contributed by atoms with Gasteiger partial charge in [-0.2, -0.15) is 0 Å². The third-order valence-electron chi connectivity index (χ3n) is 1.16. The number of aliphatic hydroxyl groups excluding tert-OH is 2. The molecule has 1 rings (SSSR count). The molecule has 0 aliphatic carbocycles. The maximum atomic E-state index is 12.4. The number of carbonyl (C=O) groups excluding carboxylic acids is 1. The topological polar surface area (TPSA) is 81.6 Å². The van der Waals surface area contributed by atoms with Gasteiger partial charge in [0.05, 0.1) is 0 Å². The zero-order chi connectivity index (χ0) is 7.72. The number of halogens is 1. The van der Waals surface area contributed by atoms with Crippen LogP contribution in [-0.2, 0) is 0 Å². The van der Waals surface area contributed by atoms with Gasteiger partial charge < -0.3 is 20.8 Å². The third-order valence-corrected chi connectivity index (χ3v) is 1.16. The van der Waals surface area contributed by atoms with Crippen molar-refractivity contribution in [3.63, 3.8) is 0 Å². The molecule has 58 valence electrons. The van der Waals surface area contributed by atoms with Crippen molar-refractivity contribution in [2.24, 2.45) is 0 Å². The molecule has 0 unspecified atom stereocenters. The Hall–Kier alpha value is -0.880. The molecule has 1 aliphatic rings. The highest BCUT2D eigenvalue weighted by molar-refractivity contribution is 5.75. The maximum Gasteiger partial charge on any atom is 0.318 e. The molecule has 0 spiro atoms. The number of hydrogen-bond acceptors (Lipinski definition) is 3. The lowest BCUT2D eigenvalue weighted by Crippen LogP contribution is -2.61. The molecular weight excluding hydrogens is 143 g/mol. The normalized spacial score (nSPS) is 34.9. The van der Waals surface area contributed by atoms with Gasteiger partial charge in [0.1, 0.15) is 0 Å². The highest BCUT2D eigenvalue weighted by Gasteiger charge is 2.33. The molecule has 1 aliphatic heterocycles. The van der Waals surface area contributed by atoms with Gasteiger partial charge in [-0.1, -0.05) is 0 Å². The fourth-order valence-corrected chi connectivity index (χ4v) is 0.642. The molecule has 0 aromatic carbocycles. The van der Waals surface area contributed by atoms with Crippen molar-refractivity contribution in [3.05, 3.63) is 0 Å². The second-order valence-electron chi connectivity index (χ2n) is 1.95. The van der Waals surface area contributed by atoms with Crippen LogP contribution in [-0.4, -0.2) is 34.9 Å². The lowest BCUT2D eigenvalue weighted by atomic mass is 10.2. The number of alkyl halides is 1. The van der Waals surface area contributed by atoms with Crippen LogP contribution in [0, 0.1) is 0 Å². The van der Waals surface area contributed by atoms with E-state index >= 15 is 0 Å².